The van der Waals surface area contributed by atoms with E-state index in [1.807, 2.05) is 6.92 Å². The molecule has 2 aromatic rings. The number of fused-ring (bicyclic) bond motifs is 3. The Bertz CT molecular complexity index is 1570. The Morgan fingerprint density at radius 3 is 2.82 bits per heavy atom. The Balaban J connectivity index is 1.51. The van der Waals surface area contributed by atoms with Crippen LogP contribution in [-0.4, -0.2) is 92.6 Å². The van der Waals surface area contributed by atoms with Crippen LogP contribution in [0.4, 0.5) is 10.6 Å². The maximum absolute atomic E-state index is 13.6. The maximum atomic E-state index is 13.6. The molecule has 0 radical (unpaired) electrons. The molecule has 262 valence electrons. The number of amides is 3. The molecule has 4 rings (SSSR count). The van der Waals surface area contributed by atoms with Crippen molar-refractivity contribution in [1.82, 2.24) is 25.2 Å². The van der Waals surface area contributed by atoms with Crippen molar-refractivity contribution in [2.75, 3.05) is 25.0 Å². The van der Waals surface area contributed by atoms with Crippen molar-refractivity contribution >= 4 is 35.5 Å². The molecule has 0 saturated carbocycles. The Kier molecular flexibility index (Phi) is 13.3. The summed E-state index contributed by atoms with van der Waals surface area (Å²) in [6.07, 6.45) is 11.7. The fourth-order valence-corrected chi connectivity index (χ4v) is 5.56. The maximum Gasteiger partial charge on any atom is 0.412 e. The number of hydrogen-bond donors (Lipinski definition) is 3. The van der Waals surface area contributed by atoms with Gasteiger partial charge in [0.1, 0.15) is 24.2 Å². The van der Waals surface area contributed by atoms with Crippen molar-refractivity contribution in [2.24, 2.45) is 11.8 Å². The average Bonchev–Trinajstić information content (AvgIpc) is 3.74. The van der Waals surface area contributed by atoms with Gasteiger partial charge in [0, 0.05) is 37.8 Å². The van der Waals surface area contributed by atoms with E-state index in [2.05, 4.69) is 25.6 Å². The zero-order valence-electron chi connectivity index (χ0n) is 27.7. The summed E-state index contributed by atoms with van der Waals surface area (Å²) in [5, 5.41) is 15.6. The highest BCUT2D eigenvalue weighted by molar-refractivity contribution is 5.95. The second kappa shape index (κ2) is 17.8. The van der Waals surface area contributed by atoms with Gasteiger partial charge in [-0.3, -0.25) is 24.7 Å². The van der Waals surface area contributed by atoms with E-state index in [4.69, 9.17) is 13.9 Å². The third kappa shape index (κ3) is 11.2. The molecular formula is C34H42N6O9. The zero-order chi connectivity index (χ0) is 35.3. The number of hydrogen-bond acceptors (Lipinski definition) is 12. The topological polar surface area (TPSA) is 203 Å². The number of ketones is 1. The number of aromatic nitrogens is 3. The van der Waals surface area contributed by atoms with E-state index in [9.17, 15) is 29.1 Å². The van der Waals surface area contributed by atoms with Gasteiger partial charge in [-0.2, -0.15) is 0 Å². The van der Waals surface area contributed by atoms with Gasteiger partial charge in [0.2, 0.25) is 11.8 Å². The van der Waals surface area contributed by atoms with Crippen LogP contribution in [0.25, 0.3) is 0 Å². The molecule has 1 fully saturated rings. The molecule has 1 saturated heterocycles. The number of nitrogens with one attached hydrogen (secondary N) is 2. The lowest BCUT2D eigenvalue weighted by Crippen LogP contribution is -2.44. The van der Waals surface area contributed by atoms with E-state index < -0.39 is 42.1 Å². The lowest BCUT2D eigenvalue weighted by Gasteiger charge is -2.31. The standard InChI is InChI=1S/C34H42N6O9/c1-21-6-4-11-37-29(43)9-8-22(2)31(23(3)10-15-47-34(46)39-28-19-35-12-13-36-28)49-33(45)27-7-5-14-40(27)32(44)26-20-48-30(38-26)18-25(42)17-24(41)16-21/h4,6,8-9,12-13,16,19-20,22-24,27,31,41H,5,7,10-11,14-15,17-18H2,1-3H3,(H,37,43)(H,36,39,46)/b6-4+,9-8+,21-16+/t22-,23-,24-,27-,31+/m1/s1. The number of rotatable bonds is 5. The Morgan fingerprint density at radius 1 is 1.22 bits per heavy atom. The number of aliphatic hydroxyl groups excluding tert-OH is 1. The predicted octanol–water partition coefficient (Wildman–Crippen LogP) is 2.94. The molecule has 2 aromatic heterocycles. The van der Waals surface area contributed by atoms with Gasteiger partial charge in [0.05, 0.1) is 25.3 Å². The number of nitrogens with zero attached hydrogens (tertiary/aromatic N) is 4. The number of oxazole rings is 1. The van der Waals surface area contributed by atoms with Gasteiger partial charge in [-0.05, 0) is 38.2 Å². The quantitative estimate of drug-likeness (QED) is 0.391. The summed E-state index contributed by atoms with van der Waals surface area (Å²) in [4.78, 5) is 77.9. The van der Waals surface area contributed by atoms with Crippen molar-refractivity contribution in [3.05, 3.63) is 72.4 Å². The van der Waals surface area contributed by atoms with E-state index in [1.54, 1.807) is 32.1 Å². The second-order valence-corrected chi connectivity index (χ2v) is 12.1. The highest BCUT2D eigenvalue weighted by atomic mass is 16.6. The van der Waals surface area contributed by atoms with Crippen molar-refractivity contribution in [2.45, 2.75) is 71.1 Å². The second-order valence-electron chi connectivity index (χ2n) is 12.1. The molecule has 3 amide bonds. The van der Waals surface area contributed by atoms with Gasteiger partial charge >= 0.3 is 12.1 Å². The molecule has 2 bridgehead atoms. The summed E-state index contributed by atoms with van der Waals surface area (Å²) in [5.74, 6) is -2.39. The monoisotopic (exact) mass is 678 g/mol. The lowest BCUT2D eigenvalue weighted by molar-refractivity contribution is -0.158. The molecule has 0 unspecified atom stereocenters. The highest BCUT2D eigenvalue weighted by Gasteiger charge is 2.39. The number of carbonyl (C=O) groups excluding carboxylic acids is 5. The summed E-state index contributed by atoms with van der Waals surface area (Å²) in [6.45, 7) is 5.89. The van der Waals surface area contributed by atoms with Crippen LogP contribution in [0.15, 0.2) is 65.2 Å². The summed E-state index contributed by atoms with van der Waals surface area (Å²) >= 11 is 0. The van der Waals surface area contributed by atoms with Crippen LogP contribution in [0.5, 0.6) is 0 Å². The van der Waals surface area contributed by atoms with Crippen molar-refractivity contribution in [1.29, 1.82) is 0 Å². The van der Waals surface area contributed by atoms with Gasteiger partial charge in [-0.25, -0.2) is 19.6 Å². The van der Waals surface area contributed by atoms with E-state index in [0.29, 0.717) is 24.8 Å². The number of allylic oxidation sites excluding steroid dienone is 2. The number of aliphatic hydroxyl groups is 1. The highest BCUT2D eigenvalue weighted by Crippen LogP contribution is 2.27. The molecule has 2 aliphatic rings. The zero-order valence-corrected chi connectivity index (χ0v) is 27.7. The molecule has 0 spiro atoms. The van der Waals surface area contributed by atoms with E-state index in [0.717, 1.165) is 6.26 Å². The van der Waals surface area contributed by atoms with Crippen molar-refractivity contribution < 1.29 is 43.0 Å². The van der Waals surface area contributed by atoms with Crippen LogP contribution >= 0.6 is 0 Å². The molecule has 0 aromatic carbocycles. The summed E-state index contributed by atoms with van der Waals surface area (Å²) in [6, 6.07) is -0.893. The van der Waals surface area contributed by atoms with Gasteiger partial charge < -0.3 is 29.2 Å². The minimum Gasteiger partial charge on any atom is -0.460 e. The number of anilines is 1. The average molecular weight is 679 g/mol. The summed E-state index contributed by atoms with van der Waals surface area (Å²) in [5.41, 5.74) is 0.640. The van der Waals surface area contributed by atoms with E-state index in [1.165, 1.54) is 35.6 Å². The van der Waals surface area contributed by atoms with Crippen LogP contribution in [0.3, 0.4) is 0 Å². The first-order valence-electron chi connectivity index (χ1n) is 16.2. The fourth-order valence-electron chi connectivity index (χ4n) is 5.56. The number of cyclic esters (lactones) is 1. The largest absolute Gasteiger partial charge is 0.460 e. The molecule has 2 aliphatic heterocycles. The fraction of sp³-hybridized carbons (Fsp3) is 0.471. The first-order valence-corrected chi connectivity index (χ1v) is 16.2. The van der Waals surface area contributed by atoms with E-state index >= 15 is 0 Å². The van der Waals surface area contributed by atoms with Crippen LogP contribution in [-0.2, 0) is 30.3 Å². The van der Waals surface area contributed by atoms with Gasteiger partial charge in [0.25, 0.3) is 5.91 Å². The first-order chi connectivity index (χ1) is 23.5. The molecule has 3 N–H and O–H groups in total. The molecule has 4 heterocycles. The minimum absolute atomic E-state index is 0.000489. The van der Waals surface area contributed by atoms with Crippen LogP contribution in [0.2, 0.25) is 0 Å². The Labute approximate surface area is 283 Å². The Hall–Kier alpha value is -5.18. The van der Waals surface area contributed by atoms with Crippen molar-refractivity contribution in [3.8, 4) is 0 Å². The number of esters is 1. The molecule has 15 heteroatoms. The normalized spacial score (nSPS) is 26.0. The summed E-state index contributed by atoms with van der Waals surface area (Å²) in [7, 11) is 0. The minimum atomic E-state index is -1.05. The predicted molar refractivity (Wildman–Crippen MR) is 175 cm³/mol. The Morgan fingerprint density at radius 2 is 2.04 bits per heavy atom. The van der Waals surface area contributed by atoms with Gasteiger partial charge in [-0.1, -0.05) is 43.7 Å². The number of carbonyl (C=O) groups is 5. The number of Topliss-reactive ketones (excluding diaryl/α,β-unsaturated/α-hetero) is 1. The molecule has 0 aliphatic carbocycles. The van der Waals surface area contributed by atoms with E-state index in [-0.39, 0.29) is 67.5 Å². The van der Waals surface area contributed by atoms with Crippen LogP contribution in [0, 0.1) is 11.8 Å². The third-order valence-corrected chi connectivity index (χ3v) is 8.05. The summed E-state index contributed by atoms with van der Waals surface area (Å²) < 4.78 is 16.8. The molecular weight excluding hydrogens is 636 g/mol. The molecule has 15 nitrogen and oxygen atoms in total. The van der Waals surface area contributed by atoms with Gasteiger partial charge in [-0.15, -0.1) is 0 Å². The van der Waals surface area contributed by atoms with Crippen molar-refractivity contribution in [3.63, 3.8) is 0 Å². The van der Waals surface area contributed by atoms with Gasteiger partial charge in [0.15, 0.2) is 11.5 Å². The van der Waals surface area contributed by atoms with Crippen LogP contribution < -0.4 is 10.6 Å². The lowest BCUT2D eigenvalue weighted by atomic mass is 9.90. The smallest absolute Gasteiger partial charge is 0.412 e. The first kappa shape index (κ1) is 36.7. The molecule has 49 heavy (non-hydrogen) atoms. The SMILES string of the molecule is CC1=C\[C@@H](O)CC(=O)Cc2nc(co2)C(=O)N2CCC[C@@H]2C(=O)O[C@H]([C@H](C)CCOC(=O)Nc2cnccn2)[C@H](C)/C=C/C(=O)NC\C=C\1. The third-order valence-electron chi connectivity index (χ3n) is 8.05. The molecule has 5 atom stereocenters. The number of ether oxygens (including phenoxy) is 2. The van der Waals surface area contributed by atoms with Crippen LogP contribution in [0.1, 0.15) is 62.8 Å².